The fourth-order valence-corrected chi connectivity index (χ4v) is 1.99. The molecule has 0 unspecified atom stereocenters. The van der Waals surface area contributed by atoms with Crippen LogP contribution in [0.1, 0.15) is 11.1 Å². The molecule has 2 rings (SSSR count). The van der Waals surface area contributed by atoms with E-state index in [-0.39, 0.29) is 17.9 Å². The van der Waals surface area contributed by atoms with Crippen LogP contribution in [0.4, 0.5) is 0 Å². The first-order valence-corrected chi connectivity index (χ1v) is 6.94. The summed E-state index contributed by atoms with van der Waals surface area (Å²) in [4.78, 5) is 12.1. The molecule has 2 aromatic carbocycles. The van der Waals surface area contributed by atoms with E-state index in [4.69, 9.17) is 10.00 Å². The van der Waals surface area contributed by atoms with Crippen LogP contribution in [0, 0.1) is 11.3 Å². The fraction of sp³-hybridized carbons (Fsp3) is 0.111. The number of nitrogens with one attached hydrogen (secondary N) is 1. The van der Waals surface area contributed by atoms with Gasteiger partial charge >= 0.3 is 0 Å². The highest BCUT2D eigenvalue weighted by molar-refractivity contribution is 6.01. The summed E-state index contributed by atoms with van der Waals surface area (Å²) in [7, 11) is 1.57. The number of rotatable bonds is 5. The summed E-state index contributed by atoms with van der Waals surface area (Å²) >= 11 is 0. The van der Waals surface area contributed by atoms with Gasteiger partial charge in [0.25, 0.3) is 5.91 Å². The Kier molecular flexibility index (Phi) is 5.37. The summed E-state index contributed by atoms with van der Waals surface area (Å²) in [6.45, 7) is 0.287. The van der Waals surface area contributed by atoms with E-state index >= 15 is 0 Å². The Balaban J connectivity index is 2.07. The second-order valence-corrected chi connectivity index (χ2v) is 4.80. The Morgan fingerprint density at radius 1 is 1.30 bits per heavy atom. The number of hydrogen-bond donors (Lipinski definition) is 2. The summed E-state index contributed by atoms with van der Waals surface area (Å²) in [6.07, 6.45) is 1.43. The van der Waals surface area contributed by atoms with E-state index in [1.54, 1.807) is 19.2 Å². The molecule has 5 nitrogen and oxygen atoms in total. The second kappa shape index (κ2) is 7.66. The van der Waals surface area contributed by atoms with Gasteiger partial charge in [-0.2, -0.15) is 5.26 Å². The zero-order valence-electron chi connectivity index (χ0n) is 12.6. The molecule has 0 aliphatic carbocycles. The predicted octanol–water partition coefficient (Wildman–Crippen LogP) is 2.62. The van der Waals surface area contributed by atoms with Gasteiger partial charge in [-0.1, -0.05) is 24.3 Å². The number of carbonyl (C=O) groups is 1. The summed E-state index contributed by atoms with van der Waals surface area (Å²) < 4.78 is 5.12. The van der Waals surface area contributed by atoms with Gasteiger partial charge in [-0.3, -0.25) is 4.79 Å². The number of carbonyl (C=O) groups excluding carboxylic acids is 1. The molecule has 0 fully saturated rings. The Morgan fingerprint density at radius 3 is 2.78 bits per heavy atom. The van der Waals surface area contributed by atoms with Crippen LogP contribution in [0.15, 0.2) is 54.1 Å². The smallest absolute Gasteiger partial charge is 0.262 e. The van der Waals surface area contributed by atoms with E-state index in [0.717, 1.165) is 5.56 Å². The van der Waals surface area contributed by atoms with E-state index < -0.39 is 5.91 Å². The SMILES string of the molecule is COc1cccc(CNC(=O)/C(C#N)=C/c2cccc(O)c2)c1. The summed E-state index contributed by atoms with van der Waals surface area (Å²) in [5.74, 6) is 0.305. The van der Waals surface area contributed by atoms with Crippen molar-refractivity contribution in [2.45, 2.75) is 6.54 Å². The highest BCUT2D eigenvalue weighted by Crippen LogP contribution is 2.15. The number of methoxy groups -OCH3 is 1. The zero-order valence-corrected chi connectivity index (χ0v) is 12.6. The van der Waals surface area contributed by atoms with Crippen molar-refractivity contribution in [3.8, 4) is 17.6 Å². The van der Waals surface area contributed by atoms with Gasteiger partial charge in [-0.15, -0.1) is 0 Å². The minimum absolute atomic E-state index is 0.0292. The van der Waals surface area contributed by atoms with Crippen LogP contribution < -0.4 is 10.1 Å². The lowest BCUT2D eigenvalue weighted by molar-refractivity contribution is -0.117. The first kappa shape index (κ1) is 16.1. The second-order valence-electron chi connectivity index (χ2n) is 4.80. The van der Waals surface area contributed by atoms with Crippen molar-refractivity contribution in [2.24, 2.45) is 0 Å². The highest BCUT2D eigenvalue weighted by Gasteiger charge is 2.09. The van der Waals surface area contributed by atoms with E-state index in [0.29, 0.717) is 11.3 Å². The number of hydrogen-bond acceptors (Lipinski definition) is 4. The molecule has 0 aliphatic rings. The molecule has 0 spiro atoms. The van der Waals surface area contributed by atoms with Crippen LogP contribution in [-0.4, -0.2) is 18.1 Å². The third-order valence-corrected chi connectivity index (χ3v) is 3.13. The predicted molar refractivity (Wildman–Crippen MR) is 86.5 cm³/mol. The van der Waals surface area contributed by atoms with Crippen LogP contribution in [0.25, 0.3) is 6.08 Å². The van der Waals surface area contributed by atoms with Gasteiger partial charge in [0.05, 0.1) is 7.11 Å². The number of ether oxygens (including phenoxy) is 1. The van der Waals surface area contributed by atoms with Crippen LogP contribution in [0.3, 0.4) is 0 Å². The standard InChI is InChI=1S/C18H16N2O3/c1-23-17-7-3-5-14(10-17)12-20-18(22)15(11-19)8-13-4-2-6-16(21)9-13/h2-10,21H,12H2,1H3,(H,20,22)/b15-8+. The average Bonchev–Trinajstić information content (AvgIpc) is 2.57. The third-order valence-electron chi connectivity index (χ3n) is 3.13. The molecular formula is C18H16N2O3. The Bertz CT molecular complexity index is 776. The maximum atomic E-state index is 12.1. The normalized spacial score (nSPS) is 10.7. The number of benzene rings is 2. The number of phenolic OH excluding ortho intramolecular Hbond substituents is 1. The molecule has 0 aromatic heterocycles. The Morgan fingerprint density at radius 2 is 2.09 bits per heavy atom. The minimum Gasteiger partial charge on any atom is -0.508 e. The molecule has 0 heterocycles. The third kappa shape index (κ3) is 4.61. The summed E-state index contributed by atoms with van der Waals surface area (Å²) in [5.41, 5.74) is 1.42. The molecule has 1 amide bonds. The van der Waals surface area contributed by atoms with Crippen LogP contribution in [-0.2, 0) is 11.3 Å². The molecular weight excluding hydrogens is 292 g/mol. The minimum atomic E-state index is -0.473. The molecule has 0 aliphatic heterocycles. The largest absolute Gasteiger partial charge is 0.508 e. The first-order chi connectivity index (χ1) is 11.1. The molecule has 0 bridgehead atoms. The molecule has 2 aromatic rings. The molecule has 116 valence electrons. The van der Waals surface area contributed by atoms with Gasteiger partial charge < -0.3 is 15.2 Å². The molecule has 0 radical (unpaired) electrons. The molecule has 5 heteroatoms. The maximum Gasteiger partial charge on any atom is 0.262 e. The molecule has 2 N–H and O–H groups in total. The average molecular weight is 308 g/mol. The summed E-state index contributed by atoms with van der Waals surface area (Å²) in [6, 6.07) is 15.5. The lowest BCUT2D eigenvalue weighted by Crippen LogP contribution is -2.23. The van der Waals surface area contributed by atoms with Crippen LogP contribution >= 0.6 is 0 Å². The van der Waals surface area contributed by atoms with Crippen molar-refractivity contribution in [3.05, 3.63) is 65.2 Å². The van der Waals surface area contributed by atoms with E-state index in [1.165, 1.54) is 18.2 Å². The molecule has 23 heavy (non-hydrogen) atoms. The summed E-state index contributed by atoms with van der Waals surface area (Å²) in [5, 5.41) is 21.2. The zero-order chi connectivity index (χ0) is 16.7. The van der Waals surface area contributed by atoms with E-state index in [2.05, 4.69) is 5.32 Å². The van der Waals surface area contributed by atoms with Gasteiger partial charge in [-0.25, -0.2) is 0 Å². The van der Waals surface area contributed by atoms with Crippen LogP contribution in [0.2, 0.25) is 0 Å². The quantitative estimate of drug-likeness (QED) is 0.657. The number of aromatic hydroxyl groups is 1. The lowest BCUT2D eigenvalue weighted by atomic mass is 10.1. The number of amides is 1. The van der Waals surface area contributed by atoms with Gasteiger partial charge in [0, 0.05) is 6.54 Å². The van der Waals surface area contributed by atoms with Crippen molar-refractivity contribution in [2.75, 3.05) is 7.11 Å². The Labute approximate surface area is 134 Å². The van der Waals surface area contributed by atoms with E-state index in [1.807, 2.05) is 30.3 Å². The molecule has 0 saturated heterocycles. The van der Waals surface area contributed by atoms with Crippen molar-refractivity contribution in [1.29, 1.82) is 5.26 Å². The van der Waals surface area contributed by atoms with Gasteiger partial charge in [0.1, 0.15) is 23.1 Å². The fourth-order valence-electron chi connectivity index (χ4n) is 1.99. The van der Waals surface area contributed by atoms with E-state index in [9.17, 15) is 9.90 Å². The van der Waals surface area contributed by atoms with Crippen molar-refractivity contribution in [1.82, 2.24) is 5.32 Å². The molecule has 0 atom stereocenters. The highest BCUT2D eigenvalue weighted by atomic mass is 16.5. The van der Waals surface area contributed by atoms with Gasteiger partial charge in [-0.05, 0) is 41.5 Å². The van der Waals surface area contributed by atoms with Crippen molar-refractivity contribution < 1.29 is 14.6 Å². The number of phenols is 1. The topological polar surface area (TPSA) is 82.3 Å². The first-order valence-electron chi connectivity index (χ1n) is 6.94. The number of nitrogens with zero attached hydrogens (tertiary/aromatic N) is 1. The van der Waals surface area contributed by atoms with Gasteiger partial charge in [0.15, 0.2) is 0 Å². The van der Waals surface area contributed by atoms with Gasteiger partial charge in [0.2, 0.25) is 0 Å². The lowest BCUT2D eigenvalue weighted by Gasteiger charge is -2.06. The monoisotopic (exact) mass is 308 g/mol. The molecule has 0 saturated carbocycles. The van der Waals surface area contributed by atoms with Crippen molar-refractivity contribution in [3.63, 3.8) is 0 Å². The van der Waals surface area contributed by atoms with Crippen LogP contribution in [0.5, 0.6) is 11.5 Å². The maximum absolute atomic E-state index is 12.1. The Hall–Kier alpha value is -3.26. The van der Waals surface area contributed by atoms with Crippen molar-refractivity contribution >= 4 is 12.0 Å². The number of nitriles is 1.